The summed E-state index contributed by atoms with van der Waals surface area (Å²) in [5.74, 6) is 0.804. The highest BCUT2D eigenvalue weighted by Crippen LogP contribution is 2.36. The molecule has 0 fully saturated rings. The molecule has 0 amide bonds. The van der Waals surface area contributed by atoms with Gasteiger partial charge in [-0.1, -0.05) is 41.9 Å². The lowest BCUT2D eigenvalue weighted by atomic mass is 9.95. The molecule has 1 aliphatic heterocycles. The van der Waals surface area contributed by atoms with Gasteiger partial charge in [0.2, 0.25) is 0 Å². The molecule has 0 bridgehead atoms. The maximum Gasteiger partial charge on any atom is 0.150 e. The number of fused-ring (bicyclic) bond motifs is 1. The number of halogens is 1. The Bertz CT molecular complexity index is 554. The van der Waals surface area contributed by atoms with Crippen LogP contribution in [0, 0.1) is 0 Å². The van der Waals surface area contributed by atoms with Crippen molar-refractivity contribution < 1.29 is 9.84 Å². The van der Waals surface area contributed by atoms with Gasteiger partial charge in [-0.3, -0.25) is 0 Å². The first-order valence-corrected chi connectivity index (χ1v) is 6.30. The third-order valence-electron chi connectivity index (χ3n) is 3.18. The summed E-state index contributed by atoms with van der Waals surface area (Å²) >= 11 is 5.94. The lowest BCUT2D eigenvalue weighted by Crippen LogP contribution is -2.30. The van der Waals surface area contributed by atoms with Gasteiger partial charge in [0.05, 0.1) is 6.10 Å². The fourth-order valence-corrected chi connectivity index (χ4v) is 2.50. The molecule has 0 saturated carbocycles. The molecule has 0 saturated heterocycles. The molecule has 2 aromatic carbocycles. The van der Waals surface area contributed by atoms with Gasteiger partial charge in [0.25, 0.3) is 0 Å². The Morgan fingerprint density at radius 2 is 1.89 bits per heavy atom. The highest BCUT2D eigenvalue weighted by Gasteiger charge is 2.29. The molecule has 2 atom stereocenters. The topological polar surface area (TPSA) is 29.5 Å². The van der Waals surface area contributed by atoms with Crippen LogP contribution in [0.4, 0.5) is 0 Å². The predicted octanol–water partition coefficient (Wildman–Crippen LogP) is 3.38. The van der Waals surface area contributed by atoms with E-state index in [4.69, 9.17) is 16.3 Å². The number of hydrogen-bond donors (Lipinski definition) is 1. The van der Waals surface area contributed by atoms with Crippen LogP contribution >= 0.6 is 11.6 Å². The zero-order valence-electron chi connectivity index (χ0n) is 9.71. The van der Waals surface area contributed by atoms with Crippen LogP contribution in [0.3, 0.4) is 0 Å². The molecule has 0 aromatic heterocycles. The normalized spacial score (nSPS) is 22.1. The van der Waals surface area contributed by atoms with Gasteiger partial charge >= 0.3 is 0 Å². The van der Waals surface area contributed by atoms with E-state index in [0.717, 1.165) is 16.9 Å². The molecule has 0 unspecified atom stereocenters. The molecule has 1 aliphatic rings. The van der Waals surface area contributed by atoms with Crippen molar-refractivity contribution in [2.24, 2.45) is 0 Å². The molecule has 3 heteroatoms. The second kappa shape index (κ2) is 4.63. The van der Waals surface area contributed by atoms with Crippen LogP contribution in [-0.2, 0) is 6.42 Å². The summed E-state index contributed by atoms with van der Waals surface area (Å²) in [4.78, 5) is 0. The number of aliphatic hydroxyl groups excluding tert-OH is 1. The summed E-state index contributed by atoms with van der Waals surface area (Å²) in [7, 11) is 0. The van der Waals surface area contributed by atoms with E-state index in [1.165, 1.54) is 0 Å². The monoisotopic (exact) mass is 260 g/mol. The zero-order chi connectivity index (χ0) is 12.5. The van der Waals surface area contributed by atoms with E-state index in [9.17, 15) is 5.11 Å². The van der Waals surface area contributed by atoms with Crippen molar-refractivity contribution >= 4 is 11.6 Å². The lowest BCUT2D eigenvalue weighted by molar-refractivity contribution is 0.0208. The molecule has 3 rings (SSSR count). The van der Waals surface area contributed by atoms with Gasteiger partial charge in [0.15, 0.2) is 0 Å². The SMILES string of the molecule is O[C@H]1Cc2cc(Cl)ccc2O[C@@H]1c1ccccc1. The molecular formula is C15H13ClO2. The molecule has 92 valence electrons. The maximum atomic E-state index is 10.2. The fourth-order valence-electron chi connectivity index (χ4n) is 2.30. The Morgan fingerprint density at radius 3 is 2.67 bits per heavy atom. The second-order valence-electron chi connectivity index (χ2n) is 4.47. The summed E-state index contributed by atoms with van der Waals surface area (Å²) in [5, 5.41) is 10.9. The van der Waals surface area contributed by atoms with E-state index < -0.39 is 6.10 Å². The van der Waals surface area contributed by atoms with Crippen LogP contribution in [-0.4, -0.2) is 11.2 Å². The summed E-state index contributed by atoms with van der Waals surface area (Å²) in [6.45, 7) is 0. The lowest BCUT2D eigenvalue weighted by Gasteiger charge is -2.31. The number of hydrogen-bond acceptors (Lipinski definition) is 2. The first-order valence-electron chi connectivity index (χ1n) is 5.92. The van der Waals surface area contributed by atoms with Gasteiger partial charge in [-0.25, -0.2) is 0 Å². The van der Waals surface area contributed by atoms with Crippen molar-refractivity contribution in [3.8, 4) is 5.75 Å². The van der Waals surface area contributed by atoms with E-state index in [-0.39, 0.29) is 6.10 Å². The first-order chi connectivity index (χ1) is 8.74. The zero-order valence-corrected chi connectivity index (χ0v) is 10.5. The maximum absolute atomic E-state index is 10.2. The average molecular weight is 261 g/mol. The van der Waals surface area contributed by atoms with E-state index in [1.807, 2.05) is 42.5 Å². The van der Waals surface area contributed by atoms with Crippen molar-refractivity contribution in [3.05, 3.63) is 64.7 Å². The smallest absolute Gasteiger partial charge is 0.150 e. The van der Waals surface area contributed by atoms with Crippen LogP contribution in [0.25, 0.3) is 0 Å². The molecule has 18 heavy (non-hydrogen) atoms. The Labute approximate surface area is 111 Å². The van der Waals surface area contributed by atoms with E-state index in [1.54, 1.807) is 6.07 Å². The third-order valence-corrected chi connectivity index (χ3v) is 3.42. The van der Waals surface area contributed by atoms with Crippen molar-refractivity contribution in [1.29, 1.82) is 0 Å². The molecule has 2 nitrogen and oxygen atoms in total. The van der Waals surface area contributed by atoms with Crippen LogP contribution in [0.5, 0.6) is 5.75 Å². The van der Waals surface area contributed by atoms with Crippen LogP contribution in [0.15, 0.2) is 48.5 Å². The summed E-state index contributed by atoms with van der Waals surface area (Å²) in [6.07, 6.45) is -0.284. The highest BCUT2D eigenvalue weighted by molar-refractivity contribution is 6.30. The molecular weight excluding hydrogens is 248 g/mol. The fraction of sp³-hybridized carbons (Fsp3) is 0.200. The minimum Gasteiger partial charge on any atom is -0.483 e. The minimum atomic E-state index is -0.543. The third kappa shape index (κ3) is 2.09. The Hall–Kier alpha value is -1.51. The Balaban J connectivity index is 1.95. The van der Waals surface area contributed by atoms with Crippen molar-refractivity contribution in [2.75, 3.05) is 0 Å². The van der Waals surface area contributed by atoms with Gasteiger partial charge in [-0.2, -0.15) is 0 Å². The quantitative estimate of drug-likeness (QED) is 0.852. The van der Waals surface area contributed by atoms with E-state index in [2.05, 4.69) is 0 Å². The van der Waals surface area contributed by atoms with Crippen molar-refractivity contribution in [1.82, 2.24) is 0 Å². The molecule has 2 aromatic rings. The number of ether oxygens (including phenoxy) is 1. The summed E-state index contributed by atoms with van der Waals surface area (Å²) in [5.41, 5.74) is 1.95. The standard InChI is InChI=1S/C15H13ClO2/c16-12-6-7-14-11(8-12)9-13(17)15(18-14)10-4-2-1-3-5-10/h1-8,13,15,17H,9H2/t13-,15+/m0/s1. The highest BCUT2D eigenvalue weighted by atomic mass is 35.5. The van der Waals surface area contributed by atoms with Gasteiger partial charge in [0.1, 0.15) is 11.9 Å². The van der Waals surface area contributed by atoms with Crippen molar-refractivity contribution in [2.45, 2.75) is 18.6 Å². The first kappa shape index (κ1) is 11.6. The summed E-state index contributed by atoms with van der Waals surface area (Å²) in [6, 6.07) is 15.3. The molecule has 0 spiro atoms. The molecule has 0 aliphatic carbocycles. The van der Waals surface area contributed by atoms with E-state index >= 15 is 0 Å². The number of benzene rings is 2. The largest absolute Gasteiger partial charge is 0.483 e. The number of rotatable bonds is 1. The predicted molar refractivity (Wildman–Crippen MR) is 71.0 cm³/mol. The van der Waals surface area contributed by atoms with Crippen molar-refractivity contribution in [3.63, 3.8) is 0 Å². The minimum absolute atomic E-state index is 0.306. The molecule has 1 N–H and O–H groups in total. The molecule has 0 radical (unpaired) electrons. The van der Waals surface area contributed by atoms with Crippen LogP contribution in [0.2, 0.25) is 5.02 Å². The van der Waals surface area contributed by atoms with Gasteiger partial charge in [0, 0.05) is 11.4 Å². The number of aliphatic hydroxyl groups is 1. The average Bonchev–Trinajstić information content (AvgIpc) is 2.39. The van der Waals surface area contributed by atoms with Crippen LogP contribution < -0.4 is 4.74 Å². The van der Waals surface area contributed by atoms with Gasteiger partial charge < -0.3 is 9.84 Å². The van der Waals surface area contributed by atoms with Gasteiger partial charge in [-0.15, -0.1) is 0 Å². The van der Waals surface area contributed by atoms with E-state index in [0.29, 0.717) is 11.4 Å². The Morgan fingerprint density at radius 1 is 1.11 bits per heavy atom. The summed E-state index contributed by atoms with van der Waals surface area (Å²) < 4.78 is 5.88. The van der Waals surface area contributed by atoms with Gasteiger partial charge in [-0.05, 0) is 29.3 Å². The van der Waals surface area contributed by atoms with Crippen LogP contribution in [0.1, 0.15) is 17.2 Å². The second-order valence-corrected chi connectivity index (χ2v) is 4.91. The molecule has 1 heterocycles. The Kier molecular flexibility index (Phi) is 2.98.